The standard InChI is InChI=1S/C22H26N4O2/c1-14-19-20(16-10-11-16)25(18-9-6-12-24(13-18)15(2)27)22(28)21(19)26(23-14)17-7-4-3-5-8-17/h3-5,7-8,16,18,20H,6,9-13H2,1-2H3. The predicted octanol–water partition coefficient (Wildman–Crippen LogP) is 3.10. The van der Waals surface area contributed by atoms with Crippen LogP contribution in [-0.4, -0.2) is 50.5 Å². The van der Waals surface area contributed by atoms with Crippen molar-refractivity contribution in [2.24, 2.45) is 5.92 Å². The molecule has 6 nitrogen and oxygen atoms in total. The van der Waals surface area contributed by atoms with Crippen LogP contribution < -0.4 is 0 Å². The molecule has 0 N–H and O–H groups in total. The van der Waals surface area contributed by atoms with Gasteiger partial charge in [-0.05, 0) is 50.7 Å². The number of aryl methyl sites for hydroxylation is 1. The number of rotatable bonds is 3. The van der Waals surface area contributed by atoms with Crippen molar-refractivity contribution in [1.29, 1.82) is 0 Å². The van der Waals surface area contributed by atoms with Crippen molar-refractivity contribution in [1.82, 2.24) is 19.6 Å². The SMILES string of the molecule is CC(=O)N1CCCC(N2C(=O)c3c(c(C)nn3-c3ccccc3)C2C2CC2)C1. The molecule has 0 radical (unpaired) electrons. The van der Waals surface area contributed by atoms with Crippen molar-refractivity contribution < 1.29 is 9.59 Å². The highest BCUT2D eigenvalue weighted by Crippen LogP contribution is 2.51. The van der Waals surface area contributed by atoms with E-state index in [1.54, 1.807) is 6.92 Å². The molecule has 2 atom stereocenters. The predicted molar refractivity (Wildman–Crippen MR) is 105 cm³/mol. The van der Waals surface area contributed by atoms with Crippen LogP contribution in [0.5, 0.6) is 0 Å². The lowest BCUT2D eigenvalue weighted by Crippen LogP contribution is -2.51. The fraction of sp³-hybridized carbons (Fsp3) is 0.500. The fourth-order valence-electron chi connectivity index (χ4n) is 4.98. The molecular weight excluding hydrogens is 352 g/mol. The van der Waals surface area contributed by atoms with Gasteiger partial charge in [0.2, 0.25) is 5.91 Å². The highest BCUT2D eigenvalue weighted by Gasteiger charge is 2.51. The number of piperidine rings is 1. The Kier molecular flexibility index (Phi) is 4.03. The first-order chi connectivity index (χ1) is 13.6. The smallest absolute Gasteiger partial charge is 0.273 e. The van der Waals surface area contributed by atoms with Crippen LogP contribution in [0.2, 0.25) is 0 Å². The minimum atomic E-state index is 0.0757. The molecule has 6 heteroatoms. The maximum Gasteiger partial charge on any atom is 0.273 e. The second kappa shape index (κ2) is 6.47. The third-order valence-electron chi connectivity index (χ3n) is 6.44. The van der Waals surface area contributed by atoms with Crippen molar-refractivity contribution in [3.05, 3.63) is 47.3 Å². The summed E-state index contributed by atoms with van der Waals surface area (Å²) in [6.45, 7) is 5.09. The largest absolute Gasteiger partial charge is 0.341 e. The van der Waals surface area contributed by atoms with Crippen LogP contribution in [0.25, 0.3) is 5.69 Å². The van der Waals surface area contributed by atoms with E-state index in [9.17, 15) is 9.59 Å². The van der Waals surface area contributed by atoms with Gasteiger partial charge in [-0.1, -0.05) is 18.2 Å². The van der Waals surface area contributed by atoms with Gasteiger partial charge >= 0.3 is 0 Å². The zero-order valence-corrected chi connectivity index (χ0v) is 16.5. The lowest BCUT2D eigenvalue weighted by molar-refractivity contribution is -0.131. The normalized spacial score (nSPS) is 24.6. The molecule has 3 heterocycles. The summed E-state index contributed by atoms with van der Waals surface area (Å²) in [7, 11) is 0. The van der Waals surface area contributed by atoms with Gasteiger partial charge in [-0.15, -0.1) is 0 Å². The van der Waals surface area contributed by atoms with E-state index in [1.165, 1.54) is 0 Å². The van der Waals surface area contributed by atoms with E-state index in [4.69, 9.17) is 5.10 Å². The van der Waals surface area contributed by atoms with Crippen molar-refractivity contribution in [2.75, 3.05) is 13.1 Å². The lowest BCUT2D eigenvalue weighted by Gasteiger charge is -2.40. The maximum atomic E-state index is 13.7. The zero-order chi connectivity index (χ0) is 19.4. The van der Waals surface area contributed by atoms with Gasteiger partial charge in [-0.25, -0.2) is 4.68 Å². The van der Waals surface area contributed by atoms with Crippen LogP contribution in [0, 0.1) is 12.8 Å². The van der Waals surface area contributed by atoms with Crippen LogP contribution in [-0.2, 0) is 4.79 Å². The van der Waals surface area contributed by atoms with E-state index < -0.39 is 0 Å². The van der Waals surface area contributed by atoms with E-state index in [0.717, 1.165) is 54.9 Å². The Morgan fingerprint density at radius 2 is 1.89 bits per heavy atom. The van der Waals surface area contributed by atoms with Crippen molar-refractivity contribution in [3.8, 4) is 5.69 Å². The van der Waals surface area contributed by atoms with Crippen molar-refractivity contribution in [2.45, 2.75) is 51.6 Å². The average molecular weight is 378 g/mol. The summed E-state index contributed by atoms with van der Waals surface area (Å²) < 4.78 is 1.83. The number of aromatic nitrogens is 2. The number of amides is 2. The van der Waals surface area contributed by atoms with Gasteiger partial charge in [0.15, 0.2) is 0 Å². The topological polar surface area (TPSA) is 58.4 Å². The number of fused-ring (bicyclic) bond motifs is 1. The first-order valence-corrected chi connectivity index (χ1v) is 10.3. The summed E-state index contributed by atoms with van der Waals surface area (Å²) in [5, 5.41) is 4.74. The molecule has 2 aromatic rings. The molecule has 2 amide bonds. The van der Waals surface area contributed by atoms with Gasteiger partial charge < -0.3 is 9.80 Å². The molecule has 1 aromatic heterocycles. The average Bonchev–Trinajstić information content (AvgIpc) is 3.42. The van der Waals surface area contributed by atoms with Gasteiger partial charge in [0, 0.05) is 25.6 Å². The Labute approximate surface area is 165 Å². The molecule has 1 saturated heterocycles. The fourth-order valence-corrected chi connectivity index (χ4v) is 4.98. The number of para-hydroxylation sites is 1. The Morgan fingerprint density at radius 1 is 1.14 bits per heavy atom. The van der Waals surface area contributed by atoms with Gasteiger partial charge in [-0.2, -0.15) is 5.10 Å². The van der Waals surface area contributed by atoms with Crippen LogP contribution >= 0.6 is 0 Å². The van der Waals surface area contributed by atoms with E-state index in [-0.39, 0.29) is 23.9 Å². The van der Waals surface area contributed by atoms with Crippen LogP contribution in [0.15, 0.2) is 30.3 Å². The number of likely N-dealkylation sites (tertiary alicyclic amines) is 1. The second-order valence-electron chi connectivity index (χ2n) is 8.35. The summed E-state index contributed by atoms with van der Waals surface area (Å²) in [5.74, 6) is 0.695. The summed E-state index contributed by atoms with van der Waals surface area (Å²) in [6, 6.07) is 10.1. The molecule has 3 aliphatic rings. The van der Waals surface area contributed by atoms with E-state index in [0.29, 0.717) is 12.5 Å². The third kappa shape index (κ3) is 2.65. The summed E-state index contributed by atoms with van der Waals surface area (Å²) >= 11 is 0. The van der Waals surface area contributed by atoms with Gasteiger partial charge in [0.05, 0.1) is 23.5 Å². The van der Waals surface area contributed by atoms with E-state index >= 15 is 0 Å². The Morgan fingerprint density at radius 3 is 2.57 bits per heavy atom. The number of carbonyl (C=O) groups excluding carboxylic acids is 2. The first kappa shape index (κ1) is 17.5. The molecule has 1 aromatic carbocycles. The van der Waals surface area contributed by atoms with Gasteiger partial charge in [0.1, 0.15) is 5.69 Å². The molecule has 0 spiro atoms. The van der Waals surface area contributed by atoms with Crippen LogP contribution in [0.4, 0.5) is 0 Å². The summed E-state index contributed by atoms with van der Waals surface area (Å²) in [5.41, 5.74) is 3.70. The molecule has 2 fully saturated rings. The Bertz CT molecular complexity index is 932. The Hall–Kier alpha value is -2.63. The molecule has 2 aliphatic heterocycles. The van der Waals surface area contributed by atoms with Crippen molar-refractivity contribution >= 4 is 11.8 Å². The number of hydrogen-bond acceptors (Lipinski definition) is 3. The Balaban J connectivity index is 1.57. The maximum absolute atomic E-state index is 13.7. The molecule has 2 unspecified atom stereocenters. The monoisotopic (exact) mass is 378 g/mol. The second-order valence-corrected chi connectivity index (χ2v) is 8.35. The lowest BCUT2D eigenvalue weighted by atomic mass is 9.98. The number of hydrogen-bond donors (Lipinski definition) is 0. The van der Waals surface area contributed by atoms with Gasteiger partial charge in [0.25, 0.3) is 5.91 Å². The molecule has 146 valence electrons. The van der Waals surface area contributed by atoms with Crippen LogP contribution in [0.1, 0.15) is 60.4 Å². The minimum absolute atomic E-state index is 0.0757. The highest BCUT2D eigenvalue weighted by atomic mass is 16.2. The van der Waals surface area contributed by atoms with Gasteiger partial charge in [-0.3, -0.25) is 9.59 Å². The third-order valence-corrected chi connectivity index (χ3v) is 6.44. The number of benzene rings is 1. The molecule has 1 saturated carbocycles. The summed E-state index contributed by atoms with van der Waals surface area (Å²) in [6.07, 6.45) is 4.23. The number of nitrogens with zero attached hydrogens (tertiary/aromatic N) is 4. The first-order valence-electron chi connectivity index (χ1n) is 10.3. The molecule has 0 bridgehead atoms. The number of carbonyl (C=O) groups is 2. The van der Waals surface area contributed by atoms with E-state index in [2.05, 4.69) is 4.90 Å². The minimum Gasteiger partial charge on any atom is -0.341 e. The quantitative estimate of drug-likeness (QED) is 0.825. The molecule has 5 rings (SSSR count). The molecule has 1 aliphatic carbocycles. The van der Waals surface area contributed by atoms with E-state index in [1.807, 2.05) is 46.8 Å². The molecular formula is C22H26N4O2. The van der Waals surface area contributed by atoms with Crippen LogP contribution in [0.3, 0.4) is 0 Å². The molecule has 28 heavy (non-hydrogen) atoms. The highest BCUT2D eigenvalue weighted by molar-refractivity contribution is 5.99. The zero-order valence-electron chi connectivity index (χ0n) is 16.5. The van der Waals surface area contributed by atoms with Crippen molar-refractivity contribution in [3.63, 3.8) is 0 Å². The summed E-state index contributed by atoms with van der Waals surface area (Å²) in [4.78, 5) is 29.6.